The average molecular weight is 352 g/mol. The summed E-state index contributed by atoms with van der Waals surface area (Å²) in [7, 11) is -1.48. The summed E-state index contributed by atoms with van der Waals surface area (Å²) in [6.45, 7) is 0.916. The summed E-state index contributed by atoms with van der Waals surface area (Å²) in [5.74, 6) is 0.562. The van der Waals surface area contributed by atoms with Crippen LogP contribution in [0.15, 0.2) is 18.2 Å². The van der Waals surface area contributed by atoms with Gasteiger partial charge in [-0.05, 0) is 31.0 Å². The Hall–Kier alpha value is -2.13. The van der Waals surface area contributed by atoms with E-state index in [0.717, 1.165) is 24.6 Å². The minimum absolute atomic E-state index is 0.126. The molecule has 1 saturated heterocycles. The van der Waals surface area contributed by atoms with E-state index in [2.05, 4.69) is 15.0 Å². The molecule has 0 aliphatic carbocycles. The highest BCUT2D eigenvalue weighted by Gasteiger charge is 2.23. The first kappa shape index (κ1) is 16.7. The molecule has 1 unspecified atom stereocenters. The van der Waals surface area contributed by atoms with E-state index in [4.69, 9.17) is 4.74 Å². The van der Waals surface area contributed by atoms with Crippen molar-refractivity contribution in [2.45, 2.75) is 25.5 Å². The van der Waals surface area contributed by atoms with Gasteiger partial charge >= 0.3 is 0 Å². The van der Waals surface area contributed by atoms with Crippen LogP contribution in [0.1, 0.15) is 18.7 Å². The normalized spacial score (nSPS) is 18.0. The Morgan fingerprint density at radius 2 is 2.25 bits per heavy atom. The molecule has 1 amide bonds. The molecular formula is C15H20N4O4S. The molecule has 130 valence electrons. The third kappa shape index (κ3) is 3.68. The number of nitrogens with one attached hydrogen (secondary N) is 2. The second kappa shape index (κ2) is 6.40. The van der Waals surface area contributed by atoms with Crippen molar-refractivity contribution >= 4 is 32.7 Å². The molecule has 0 radical (unpaired) electrons. The summed E-state index contributed by atoms with van der Waals surface area (Å²) in [4.78, 5) is 16.5. The van der Waals surface area contributed by atoms with E-state index in [1.165, 1.54) is 0 Å². The van der Waals surface area contributed by atoms with Crippen LogP contribution in [0.25, 0.3) is 11.0 Å². The van der Waals surface area contributed by atoms with Gasteiger partial charge < -0.3 is 14.6 Å². The molecule has 2 N–H and O–H groups in total. The van der Waals surface area contributed by atoms with Gasteiger partial charge in [-0.25, -0.2) is 13.4 Å². The molecule has 0 bridgehead atoms. The fourth-order valence-electron chi connectivity index (χ4n) is 2.75. The Labute approximate surface area is 140 Å². The highest BCUT2D eigenvalue weighted by atomic mass is 32.2. The molecule has 8 nitrogen and oxygen atoms in total. The van der Waals surface area contributed by atoms with E-state index in [9.17, 15) is 13.2 Å². The van der Waals surface area contributed by atoms with Gasteiger partial charge in [0.1, 0.15) is 11.9 Å². The standard InChI is InChI=1S/C15H20N4O4S/c1-19-12-6-5-10(18-24(2,21)22)8-11(12)17-14(19)9-16-15(20)13-4-3-7-23-13/h5-6,8,13,18H,3-4,7,9H2,1-2H3,(H,16,20). The minimum Gasteiger partial charge on any atom is -0.368 e. The first-order valence-corrected chi connectivity index (χ1v) is 9.55. The summed E-state index contributed by atoms with van der Waals surface area (Å²) in [5.41, 5.74) is 1.97. The van der Waals surface area contributed by atoms with Gasteiger partial charge in [-0.2, -0.15) is 0 Å². The SMILES string of the molecule is Cn1c(CNC(=O)C2CCCO2)nc2cc(NS(C)(=O)=O)ccc21. The number of carbonyl (C=O) groups is 1. The number of anilines is 1. The topological polar surface area (TPSA) is 102 Å². The average Bonchev–Trinajstić information content (AvgIpc) is 3.12. The molecule has 0 spiro atoms. The molecule has 3 rings (SSSR count). The number of aromatic nitrogens is 2. The summed E-state index contributed by atoms with van der Waals surface area (Å²) < 4.78 is 32.3. The quantitative estimate of drug-likeness (QED) is 0.826. The molecule has 1 aliphatic rings. The smallest absolute Gasteiger partial charge is 0.249 e. The molecule has 9 heteroatoms. The zero-order valence-corrected chi connectivity index (χ0v) is 14.4. The number of hydrogen-bond donors (Lipinski definition) is 2. The van der Waals surface area contributed by atoms with Crippen LogP contribution in [-0.4, -0.2) is 42.8 Å². The molecule has 1 atom stereocenters. The number of aryl methyl sites for hydroxylation is 1. The lowest BCUT2D eigenvalue weighted by Gasteiger charge is -2.10. The number of rotatable bonds is 5. The van der Waals surface area contributed by atoms with Crippen molar-refractivity contribution in [1.29, 1.82) is 0 Å². The number of benzene rings is 1. The summed E-state index contributed by atoms with van der Waals surface area (Å²) >= 11 is 0. The van der Waals surface area contributed by atoms with Crippen molar-refractivity contribution in [2.75, 3.05) is 17.6 Å². The van der Waals surface area contributed by atoms with Crippen LogP contribution in [0.4, 0.5) is 5.69 Å². The predicted octanol–water partition coefficient (Wildman–Crippen LogP) is 0.740. The molecule has 0 saturated carbocycles. The molecular weight excluding hydrogens is 332 g/mol. The number of nitrogens with zero attached hydrogens (tertiary/aromatic N) is 2. The van der Waals surface area contributed by atoms with Gasteiger partial charge in [0.05, 0.1) is 29.5 Å². The largest absolute Gasteiger partial charge is 0.368 e. The van der Waals surface area contributed by atoms with Crippen LogP contribution in [0.5, 0.6) is 0 Å². The zero-order valence-electron chi connectivity index (χ0n) is 13.6. The lowest BCUT2D eigenvalue weighted by molar-refractivity contribution is -0.130. The number of imidazole rings is 1. The van der Waals surface area contributed by atoms with E-state index in [1.807, 2.05) is 11.6 Å². The number of sulfonamides is 1. The number of hydrogen-bond acceptors (Lipinski definition) is 5. The Morgan fingerprint density at radius 3 is 2.92 bits per heavy atom. The van der Waals surface area contributed by atoms with Gasteiger partial charge in [0.25, 0.3) is 0 Å². The van der Waals surface area contributed by atoms with Crippen molar-refractivity contribution in [3.8, 4) is 0 Å². The van der Waals surface area contributed by atoms with Gasteiger partial charge in [-0.3, -0.25) is 9.52 Å². The molecule has 1 aliphatic heterocycles. The maximum absolute atomic E-state index is 12.0. The van der Waals surface area contributed by atoms with Crippen LogP contribution >= 0.6 is 0 Å². The molecule has 2 aromatic rings. The third-order valence-corrected chi connectivity index (χ3v) is 4.53. The number of amides is 1. The van der Waals surface area contributed by atoms with Crippen molar-refractivity contribution in [1.82, 2.24) is 14.9 Å². The highest BCUT2D eigenvalue weighted by Crippen LogP contribution is 2.20. The zero-order chi connectivity index (χ0) is 17.3. The number of ether oxygens (including phenoxy) is 1. The molecule has 1 fully saturated rings. The third-order valence-electron chi connectivity index (χ3n) is 3.92. The van der Waals surface area contributed by atoms with Gasteiger partial charge in [0, 0.05) is 13.7 Å². The fourth-order valence-corrected chi connectivity index (χ4v) is 3.30. The Kier molecular flexibility index (Phi) is 4.46. The van der Waals surface area contributed by atoms with E-state index in [1.54, 1.807) is 18.2 Å². The predicted molar refractivity (Wildman–Crippen MR) is 90.0 cm³/mol. The van der Waals surface area contributed by atoms with Gasteiger partial charge in [-0.1, -0.05) is 0 Å². The number of fused-ring (bicyclic) bond motifs is 1. The van der Waals surface area contributed by atoms with Crippen molar-refractivity contribution in [2.24, 2.45) is 7.05 Å². The summed E-state index contributed by atoms with van der Waals surface area (Å²) in [6.07, 6.45) is 2.38. The van der Waals surface area contributed by atoms with E-state index >= 15 is 0 Å². The van der Waals surface area contributed by atoms with Crippen LogP contribution in [0.3, 0.4) is 0 Å². The van der Waals surface area contributed by atoms with Crippen molar-refractivity contribution in [3.63, 3.8) is 0 Å². The van der Waals surface area contributed by atoms with Gasteiger partial charge in [0.15, 0.2) is 0 Å². The van der Waals surface area contributed by atoms with Crippen LogP contribution < -0.4 is 10.0 Å². The first-order chi connectivity index (χ1) is 11.3. The monoisotopic (exact) mass is 352 g/mol. The Balaban J connectivity index is 1.76. The summed E-state index contributed by atoms with van der Waals surface area (Å²) in [5, 5.41) is 2.84. The molecule has 1 aromatic heterocycles. The van der Waals surface area contributed by atoms with E-state index in [0.29, 0.717) is 30.2 Å². The maximum atomic E-state index is 12.0. The minimum atomic E-state index is -3.34. The van der Waals surface area contributed by atoms with Crippen molar-refractivity contribution in [3.05, 3.63) is 24.0 Å². The Morgan fingerprint density at radius 1 is 1.46 bits per heavy atom. The molecule has 2 heterocycles. The van der Waals surface area contributed by atoms with Crippen LogP contribution in [-0.2, 0) is 33.1 Å². The maximum Gasteiger partial charge on any atom is 0.249 e. The lowest BCUT2D eigenvalue weighted by atomic mass is 10.2. The Bertz CT molecular complexity index is 869. The fraction of sp³-hybridized carbons (Fsp3) is 0.467. The molecule has 24 heavy (non-hydrogen) atoms. The van der Waals surface area contributed by atoms with E-state index < -0.39 is 10.0 Å². The van der Waals surface area contributed by atoms with E-state index in [-0.39, 0.29) is 12.0 Å². The van der Waals surface area contributed by atoms with Gasteiger partial charge in [0.2, 0.25) is 15.9 Å². The van der Waals surface area contributed by atoms with Gasteiger partial charge in [-0.15, -0.1) is 0 Å². The highest BCUT2D eigenvalue weighted by molar-refractivity contribution is 7.92. The first-order valence-electron chi connectivity index (χ1n) is 7.66. The van der Waals surface area contributed by atoms with Crippen molar-refractivity contribution < 1.29 is 17.9 Å². The summed E-state index contributed by atoms with van der Waals surface area (Å²) in [6, 6.07) is 5.14. The molecule has 1 aromatic carbocycles. The second-order valence-corrected chi connectivity index (χ2v) is 7.63. The lowest BCUT2D eigenvalue weighted by Crippen LogP contribution is -2.34. The van der Waals surface area contributed by atoms with Crippen LogP contribution in [0, 0.1) is 0 Å². The second-order valence-electron chi connectivity index (χ2n) is 5.88. The number of carbonyl (C=O) groups excluding carboxylic acids is 1. The van der Waals surface area contributed by atoms with Crippen LogP contribution in [0.2, 0.25) is 0 Å².